The highest BCUT2D eigenvalue weighted by Gasteiger charge is 2.23. The minimum Gasteiger partial charge on any atom is -0.477 e. The van der Waals surface area contributed by atoms with Gasteiger partial charge in [0, 0.05) is 18.8 Å². The maximum absolute atomic E-state index is 14.5. The van der Waals surface area contributed by atoms with Gasteiger partial charge < -0.3 is 20.7 Å². The molecular formula is C19H13ClF3N3O3. The van der Waals surface area contributed by atoms with Gasteiger partial charge in [-0.3, -0.25) is 4.79 Å². The summed E-state index contributed by atoms with van der Waals surface area (Å²) in [5.41, 5.74) is 2.54. The zero-order chi connectivity index (χ0) is 21.5. The summed E-state index contributed by atoms with van der Waals surface area (Å²) in [6.07, 6.45) is 2.25. The summed E-state index contributed by atoms with van der Waals surface area (Å²) in [4.78, 5) is 24.0. The molecular weight excluding hydrogens is 411 g/mol. The van der Waals surface area contributed by atoms with E-state index in [1.165, 1.54) is 6.08 Å². The quantitative estimate of drug-likeness (QED) is 0.426. The molecule has 0 saturated heterocycles. The first-order chi connectivity index (χ1) is 13.7. The molecule has 0 unspecified atom stereocenters. The summed E-state index contributed by atoms with van der Waals surface area (Å²) in [5.74, 6) is -4.67. The Bertz CT molecular complexity index is 1240. The molecule has 0 aliphatic heterocycles. The number of aromatic carboxylic acids is 1. The van der Waals surface area contributed by atoms with Crippen molar-refractivity contribution in [2.75, 3.05) is 17.6 Å². The average Bonchev–Trinajstić information content (AvgIpc) is 2.65. The molecule has 0 bridgehead atoms. The normalized spacial score (nSPS) is 10.9. The summed E-state index contributed by atoms with van der Waals surface area (Å²) in [5, 5.41) is 11.3. The number of carboxylic acids is 1. The molecule has 0 aliphatic carbocycles. The molecule has 3 rings (SSSR count). The molecule has 3 aromatic rings. The van der Waals surface area contributed by atoms with Crippen LogP contribution < -0.4 is 16.5 Å². The molecule has 6 nitrogen and oxygen atoms in total. The summed E-state index contributed by atoms with van der Waals surface area (Å²) in [7, 11) is 0. The molecule has 0 amide bonds. The topological polar surface area (TPSA) is 97.4 Å². The number of nitrogens with two attached hydrogens (primary N) is 1. The fourth-order valence-electron chi connectivity index (χ4n) is 2.83. The lowest BCUT2D eigenvalue weighted by Crippen LogP contribution is -2.20. The van der Waals surface area contributed by atoms with Crippen LogP contribution in [0.1, 0.15) is 10.4 Å². The van der Waals surface area contributed by atoms with Crippen LogP contribution in [-0.4, -0.2) is 22.2 Å². The Labute approximate surface area is 166 Å². The number of nitrogens with one attached hydrogen (secondary N) is 1. The third kappa shape index (κ3) is 3.40. The molecule has 1 heterocycles. The molecule has 4 N–H and O–H groups in total. The van der Waals surface area contributed by atoms with Gasteiger partial charge in [0.05, 0.1) is 33.0 Å². The van der Waals surface area contributed by atoms with Crippen molar-refractivity contribution in [1.82, 2.24) is 4.57 Å². The van der Waals surface area contributed by atoms with E-state index in [9.17, 15) is 27.9 Å². The van der Waals surface area contributed by atoms with Crippen molar-refractivity contribution in [2.45, 2.75) is 0 Å². The second-order valence-electron chi connectivity index (χ2n) is 5.99. The van der Waals surface area contributed by atoms with Crippen molar-refractivity contribution in [2.24, 2.45) is 0 Å². The van der Waals surface area contributed by atoms with Crippen LogP contribution >= 0.6 is 11.6 Å². The first-order valence-electron chi connectivity index (χ1n) is 8.07. The van der Waals surface area contributed by atoms with Crippen LogP contribution in [0.25, 0.3) is 16.6 Å². The molecule has 150 valence electrons. The number of nitrogen functional groups attached to an aromatic ring is 1. The number of anilines is 2. The largest absolute Gasteiger partial charge is 0.477 e. The first kappa shape index (κ1) is 20.3. The van der Waals surface area contributed by atoms with Crippen LogP contribution in [0.3, 0.4) is 0 Å². The monoisotopic (exact) mass is 423 g/mol. The van der Waals surface area contributed by atoms with Gasteiger partial charge in [0.1, 0.15) is 23.0 Å². The molecule has 10 heteroatoms. The number of benzene rings is 2. The van der Waals surface area contributed by atoms with Gasteiger partial charge in [-0.25, -0.2) is 18.0 Å². The molecule has 0 radical (unpaired) electrons. The highest BCUT2D eigenvalue weighted by molar-refractivity contribution is 6.38. The standard InChI is InChI=1S/C19H13ClF3N3O3/c1-2-3-25-16-12(23)4-8-17(15(16)20)26(7-9(18(8)27)19(28)29)14-6-13(24)10(21)5-11(14)22/h2,4-7,25H,1,3,24H2,(H,28,29). The number of aromatic nitrogens is 1. The summed E-state index contributed by atoms with van der Waals surface area (Å²) < 4.78 is 43.5. The van der Waals surface area contributed by atoms with E-state index in [0.29, 0.717) is 6.07 Å². The Balaban J connectivity index is 2.52. The fraction of sp³-hybridized carbons (Fsp3) is 0.0526. The number of carbonyl (C=O) groups is 1. The fourth-order valence-corrected chi connectivity index (χ4v) is 3.18. The Kier molecular flexibility index (Phi) is 5.25. The number of fused-ring (bicyclic) bond motifs is 1. The number of hydrogen-bond donors (Lipinski definition) is 3. The Morgan fingerprint density at radius 1 is 1.24 bits per heavy atom. The van der Waals surface area contributed by atoms with Gasteiger partial charge in [-0.15, -0.1) is 6.58 Å². The Morgan fingerprint density at radius 2 is 1.93 bits per heavy atom. The zero-order valence-corrected chi connectivity index (χ0v) is 15.4. The molecule has 0 aliphatic rings. The maximum atomic E-state index is 14.5. The van der Waals surface area contributed by atoms with Crippen LogP contribution in [0.2, 0.25) is 5.02 Å². The number of nitrogens with zero attached hydrogens (tertiary/aromatic N) is 1. The summed E-state index contributed by atoms with van der Waals surface area (Å²) >= 11 is 6.29. The van der Waals surface area contributed by atoms with Gasteiger partial charge >= 0.3 is 5.97 Å². The van der Waals surface area contributed by atoms with E-state index in [1.807, 2.05) is 0 Å². The molecule has 0 atom stereocenters. The molecule has 29 heavy (non-hydrogen) atoms. The van der Waals surface area contributed by atoms with E-state index in [2.05, 4.69) is 11.9 Å². The molecule has 2 aromatic carbocycles. The lowest BCUT2D eigenvalue weighted by molar-refractivity contribution is 0.0695. The molecule has 1 aromatic heterocycles. The van der Waals surface area contributed by atoms with E-state index < -0.39 is 45.5 Å². The Hall–Kier alpha value is -3.46. The van der Waals surface area contributed by atoms with Crippen LogP contribution in [0.5, 0.6) is 0 Å². The lowest BCUT2D eigenvalue weighted by atomic mass is 10.1. The third-order valence-corrected chi connectivity index (χ3v) is 4.53. The first-order valence-corrected chi connectivity index (χ1v) is 8.45. The van der Waals surface area contributed by atoms with E-state index in [4.69, 9.17) is 17.3 Å². The SMILES string of the molecule is C=CCNc1c(F)cc2c(=O)c(C(=O)O)cn(-c3cc(N)c(F)cc3F)c2c1Cl. The van der Waals surface area contributed by atoms with Crippen molar-refractivity contribution in [3.05, 3.63) is 75.3 Å². The number of hydrogen-bond acceptors (Lipinski definition) is 4. The van der Waals surface area contributed by atoms with E-state index in [0.717, 1.165) is 22.9 Å². The highest BCUT2D eigenvalue weighted by Crippen LogP contribution is 2.35. The van der Waals surface area contributed by atoms with E-state index >= 15 is 0 Å². The van der Waals surface area contributed by atoms with Gasteiger partial charge in [-0.2, -0.15) is 0 Å². The van der Waals surface area contributed by atoms with Gasteiger partial charge in [-0.1, -0.05) is 17.7 Å². The Morgan fingerprint density at radius 3 is 2.55 bits per heavy atom. The van der Waals surface area contributed by atoms with Gasteiger partial charge in [-0.05, 0) is 12.1 Å². The smallest absolute Gasteiger partial charge is 0.341 e. The van der Waals surface area contributed by atoms with Gasteiger partial charge in [0.25, 0.3) is 0 Å². The predicted molar refractivity (Wildman–Crippen MR) is 104 cm³/mol. The second kappa shape index (κ2) is 7.51. The van der Waals surface area contributed by atoms with E-state index in [-0.39, 0.29) is 28.5 Å². The molecule has 0 saturated carbocycles. The second-order valence-corrected chi connectivity index (χ2v) is 6.36. The minimum absolute atomic E-state index is 0.122. The zero-order valence-electron chi connectivity index (χ0n) is 14.6. The van der Waals surface area contributed by atoms with E-state index in [1.54, 1.807) is 0 Å². The average molecular weight is 424 g/mol. The predicted octanol–water partition coefficient (Wildman–Crippen LogP) is 3.94. The summed E-state index contributed by atoms with van der Waals surface area (Å²) in [6, 6.07) is 2.21. The van der Waals surface area contributed by atoms with Crippen molar-refractivity contribution in [1.29, 1.82) is 0 Å². The number of halogens is 4. The number of carboxylic acid groups (broad SMARTS) is 1. The van der Waals surface area contributed by atoms with Crippen molar-refractivity contribution in [3.8, 4) is 5.69 Å². The van der Waals surface area contributed by atoms with Crippen molar-refractivity contribution >= 4 is 39.8 Å². The maximum Gasteiger partial charge on any atom is 0.341 e. The van der Waals surface area contributed by atoms with Crippen LogP contribution in [0.4, 0.5) is 24.5 Å². The highest BCUT2D eigenvalue weighted by atomic mass is 35.5. The minimum atomic E-state index is -1.62. The van der Waals surface area contributed by atoms with Crippen molar-refractivity contribution < 1.29 is 23.1 Å². The van der Waals surface area contributed by atoms with Crippen LogP contribution in [0, 0.1) is 17.5 Å². The molecule has 0 spiro atoms. The van der Waals surface area contributed by atoms with Crippen LogP contribution in [0.15, 0.2) is 41.8 Å². The van der Waals surface area contributed by atoms with Gasteiger partial charge in [0.15, 0.2) is 0 Å². The number of rotatable bonds is 5. The van der Waals surface area contributed by atoms with Crippen LogP contribution in [-0.2, 0) is 0 Å². The van der Waals surface area contributed by atoms with Crippen molar-refractivity contribution in [3.63, 3.8) is 0 Å². The summed E-state index contributed by atoms with van der Waals surface area (Å²) in [6.45, 7) is 3.61. The lowest BCUT2D eigenvalue weighted by Gasteiger charge is -2.18. The van der Waals surface area contributed by atoms with Gasteiger partial charge in [0.2, 0.25) is 5.43 Å². The molecule has 0 fully saturated rings. The third-order valence-electron chi connectivity index (χ3n) is 4.16. The number of pyridine rings is 1.